The first kappa shape index (κ1) is 13.8. The van der Waals surface area contributed by atoms with Gasteiger partial charge in [-0.05, 0) is 37.1 Å². The molecular weight excluding hydrogens is 262 g/mol. The number of hydrogen-bond acceptors (Lipinski definition) is 3. The quantitative estimate of drug-likeness (QED) is 0.922. The molecule has 0 radical (unpaired) electrons. The van der Waals surface area contributed by atoms with Crippen molar-refractivity contribution in [1.82, 2.24) is 0 Å². The highest BCUT2D eigenvalue weighted by molar-refractivity contribution is 7.94. The molecule has 1 aliphatic heterocycles. The number of rotatable bonds is 3. The fourth-order valence-electron chi connectivity index (χ4n) is 2.26. The van der Waals surface area contributed by atoms with Crippen LogP contribution in [0.2, 0.25) is 0 Å². The van der Waals surface area contributed by atoms with Crippen molar-refractivity contribution in [1.29, 1.82) is 0 Å². The Hall–Kier alpha value is -1.62. The van der Waals surface area contributed by atoms with Crippen LogP contribution in [0, 0.1) is 19.8 Å². The molecule has 0 fully saturated rings. The lowest BCUT2D eigenvalue weighted by Crippen LogP contribution is -2.17. The Morgan fingerprint density at radius 3 is 2.42 bits per heavy atom. The minimum absolute atomic E-state index is 0.0350. The van der Waals surface area contributed by atoms with Gasteiger partial charge in [-0.15, -0.1) is 0 Å². The minimum atomic E-state index is -3.09. The standard InChI is InChI=1S/C14H17NO3S/c1-10-5-11(2)7-13(6-10)15-14(16)8-12-3-4-19(17,18)9-12/h3-7,12H,8-9H2,1-2H3,(H,15,16). The minimum Gasteiger partial charge on any atom is -0.326 e. The Kier molecular flexibility index (Phi) is 3.75. The number of allylic oxidation sites excluding steroid dienone is 1. The summed E-state index contributed by atoms with van der Waals surface area (Å²) in [4.78, 5) is 11.9. The van der Waals surface area contributed by atoms with E-state index < -0.39 is 9.84 Å². The smallest absolute Gasteiger partial charge is 0.224 e. The number of carbonyl (C=O) groups excluding carboxylic acids is 1. The average molecular weight is 279 g/mol. The zero-order valence-corrected chi connectivity index (χ0v) is 11.8. The van der Waals surface area contributed by atoms with Crippen molar-refractivity contribution in [2.24, 2.45) is 5.92 Å². The summed E-state index contributed by atoms with van der Waals surface area (Å²) in [7, 11) is -3.09. The van der Waals surface area contributed by atoms with E-state index in [1.165, 1.54) is 5.41 Å². The molecule has 0 aliphatic carbocycles. The van der Waals surface area contributed by atoms with Crippen LogP contribution >= 0.6 is 0 Å². The van der Waals surface area contributed by atoms with Crippen LogP contribution in [0.15, 0.2) is 29.7 Å². The molecule has 5 heteroatoms. The van der Waals surface area contributed by atoms with Crippen LogP contribution in [0.5, 0.6) is 0 Å². The maximum atomic E-state index is 11.9. The molecule has 0 saturated heterocycles. The van der Waals surface area contributed by atoms with E-state index in [0.717, 1.165) is 16.8 Å². The highest BCUT2D eigenvalue weighted by Gasteiger charge is 2.23. The van der Waals surface area contributed by atoms with Gasteiger partial charge in [-0.1, -0.05) is 12.1 Å². The summed E-state index contributed by atoms with van der Waals surface area (Å²) in [6, 6.07) is 5.82. The van der Waals surface area contributed by atoms with Crippen molar-refractivity contribution in [2.75, 3.05) is 11.1 Å². The van der Waals surface area contributed by atoms with Crippen molar-refractivity contribution >= 4 is 21.4 Å². The molecule has 19 heavy (non-hydrogen) atoms. The third-order valence-corrected chi connectivity index (χ3v) is 4.42. The number of amides is 1. The number of benzene rings is 1. The van der Waals surface area contributed by atoms with Crippen molar-refractivity contribution in [3.8, 4) is 0 Å². The van der Waals surface area contributed by atoms with Crippen LogP contribution in [0.1, 0.15) is 17.5 Å². The zero-order valence-electron chi connectivity index (χ0n) is 11.0. The fraction of sp³-hybridized carbons (Fsp3) is 0.357. The van der Waals surface area contributed by atoms with E-state index in [2.05, 4.69) is 5.32 Å². The first-order valence-corrected chi connectivity index (χ1v) is 7.85. The van der Waals surface area contributed by atoms with Crippen LogP contribution < -0.4 is 5.32 Å². The molecule has 1 N–H and O–H groups in total. The predicted molar refractivity (Wildman–Crippen MR) is 75.6 cm³/mol. The third-order valence-electron chi connectivity index (χ3n) is 2.96. The van der Waals surface area contributed by atoms with Gasteiger partial charge in [-0.3, -0.25) is 4.79 Å². The van der Waals surface area contributed by atoms with Gasteiger partial charge in [0, 0.05) is 23.4 Å². The molecule has 102 valence electrons. The molecule has 1 heterocycles. The molecule has 1 amide bonds. The van der Waals surface area contributed by atoms with Crippen LogP contribution in [-0.4, -0.2) is 20.1 Å². The number of sulfone groups is 1. The van der Waals surface area contributed by atoms with Gasteiger partial charge in [0.2, 0.25) is 5.91 Å². The molecular formula is C14H17NO3S. The Morgan fingerprint density at radius 2 is 1.89 bits per heavy atom. The van der Waals surface area contributed by atoms with Crippen LogP contribution in [0.25, 0.3) is 0 Å². The summed E-state index contributed by atoms with van der Waals surface area (Å²) in [5, 5.41) is 4.01. The number of aryl methyl sites for hydroxylation is 2. The lowest BCUT2D eigenvalue weighted by molar-refractivity contribution is -0.116. The van der Waals surface area contributed by atoms with Gasteiger partial charge in [0.05, 0.1) is 5.75 Å². The van der Waals surface area contributed by atoms with E-state index in [9.17, 15) is 13.2 Å². The van der Waals surface area contributed by atoms with Crippen molar-refractivity contribution in [3.05, 3.63) is 40.8 Å². The molecule has 0 bridgehead atoms. The van der Waals surface area contributed by atoms with Gasteiger partial charge in [0.15, 0.2) is 9.84 Å². The Labute approximate surface area is 113 Å². The van der Waals surface area contributed by atoms with Crippen LogP contribution in [0.3, 0.4) is 0 Å². The van der Waals surface area contributed by atoms with E-state index in [0.29, 0.717) is 0 Å². The van der Waals surface area contributed by atoms with Crippen molar-refractivity contribution in [3.63, 3.8) is 0 Å². The Bertz CT molecular complexity index is 612. The van der Waals surface area contributed by atoms with Gasteiger partial charge in [-0.2, -0.15) is 0 Å². The first-order chi connectivity index (χ1) is 8.84. The second-order valence-corrected chi connectivity index (χ2v) is 6.98. The summed E-state index contributed by atoms with van der Waals surface area (Å²) in [5.74, 6) is -0.333. The van der Waals surface area contributed by atoms with E-state index in [-0.39, 0.29) is 24.0 Å². The maximum absolute atomic E-state index is 11.9. The summed E-state index contributed by atoms with van der Waals surface area (Å²) in [6.07, 6.45) is 1.79. The van der Waals surface area contributed by atoms with Crippen LogP contribution in [0.4, 0.5) is 5.69 Å². The van der Waals surface area contributed by atoms with Gasteiger partial charge in [-0.25, -0.2) is 8.42 Å². The predicted octanol–water partition coefficient (Wildman–Crippen LogP) is 2.19. The van der Waals surface area contributed by atoms with Gasteiger partial charge < -0.3 is 5.32 Å². The summed E-state index contributed by atoms with van der Waals surface area (Å²) < 4.78 is 22.5. The number of nitrogens with one attached hydrogen (secondary N) is 1. The molecule has 1 aromatic rings. The van der Waals surface area contributed by atoms with E-state index in [1.807, 2.05) is 32.0 Å². The number of carbonyl (C=O) groups is 1. The van der Waals surface area contributed by atoms with Crippen LogP contribution in [-0.2, 0) is 14.6 Å². The highest BCUT2D eigenvalue weighted by atomic mass is 32.2. The molecule has 1 aliphatic rings. The maximum Gasteiger partial charge on any atom is 0.224 e. The molecule has 1 aromatic carbocycles. The highest BCUT2D eigenvalue weighted by Crippen LogP contribution is 2.20. The molecule has 0 saturated carbocycles. The second kappa shape index (κ2) is 5.17. The fourth-order valence-corrected chi connectivity index (χ4v) is 3.66. The Morgan fingerprint density at radius 1 is 1.26 bits per heavy atom. The second-order valence-electron chi connectivity index (χ2n) is 5.05. The molecule has 1 atom stereocenters. The third kappa shape index (κ3) is 3.92. The summed E-state index contributed by atoms with van der Waals surface area (Å²) in [6.45, 7) is 3.93. The largest absolute Gasteiger partial charge is 0.326 e. The summed E-state index contributed by atoms with van der Waals surface area (Å²) >= 11 is 0. The monoisotopic (exact) mass is 279 g/mol. The van der Waals surface area contributed by atoms with E-state index in [1.54, 1.807) is 6.08 Å². The Balaban J connectivity index is 1.97. The average Bonchev–Trinajstić information content (AvgIpc) is 2.55. The normalized spacial score (nSPS) is 20.4. The SMILES string of the molecule is Cc1cc(C)cc(NC(=O)CC2C=CS(=O)(=O)C2)c1. The molecule has 2 rings (SSSR count). The zero-order chi connectivity index (χ0) is 14.0. The molecule has 1 unspecified atom stereocenters. The van der Waals surface area contributed by atoms with E-state index in [4.69, 9.17) is 0 Å². The van der Waals surface area contributed by atoms with Gasteiger partial charge >= 0.3 is 0 Å². The summed E-state index contributed by atoms with van der Waals surface area (Å²) in [5.41, 5.74) is 2.92. The van der Waals surface area contributed by atoms with E-state index >= 15 is 0 Å². The lowest BCUT2D eigenvalue weighted by atomic mass is 10.1. The van der Waals surface area contributed by atoms with Crippen molar-refractivity contribution in [2.45, 2.75) is 20.3 Å². The lowest BCUT2D eigenvalue weighted by Gasteiger charge is -2.09. The molecule has 0 spiro atoms. The van der Waals surface area contributed by atoms with Crippen molar-refractivity contribution < 1.29 is 13.2 Å². The van der Waals surface area contributed by atoms with Gasteiger partial charge in [0.1, 0.15) is 0 Å². The molecule has 0 aromatic heterocycles. The number of anilines is 1. The first-order valence-electron chi connectivity index (χ1n) is 6.13. The topological polar surface area (TPSA) is 63.2 Å². The van der Waals surface area contributed by atoms with Gasteiger partial charge in [0.25, 0.3) is 0 Å². The number of hydrogen-bond donors (Lipinski definition) is 1. The molecule has 4 nitrogen and oxygen atoms in total.